The quantitative estimate of drug-likeness (QED) is 0.870. The lowest BCUT2D eigenvalue weighted by molar-refractivity contribution is 0.190. The minimum Gasteiger partial charge on any atom is -0.488 e. The first-order valence-corrected chi connectivity index (χ1v) is 7.08. The monoisotopic (exact) mass is 340 g/mol. The van der Waals surface area contributed by atoms with Gasteiger partial charge in [-0.1, -0.05) is 45.7 Å². The molecule has 1 atom stereocenters. The molecule has 0 amide bonds. The Morgan fingerprint density at radius 1 is 1.26 bits per heavy atom. The molecule has 1 N–H and O–H groups in total. The number of ether oxygens (including phenoxy) is 1. The van der Waals surface area contributed by atoms with E-state index in [0.717, 1.165) is 15.6 Å². The van der Waals surface area contributed by atoms with Crippen molar-refractivity contribution in [2.75, 3.05) is 0 Å². The van der Waals surface area contributed by atoms with Crippen LogP contribution in [0, 0.1) is 0 Å². The fourth-order valence-electron chi connectivity index (χ4n) is 1.77. The fraction of sp³-hybridized carbons (Fsp3) is 0.200. The van der Waals surface area contributed by atoms with Gasteiger partial charge in [0.15, 0.2) is 0 Å². The fourth-order valence-corrected chi connectivity index (χ4v) is 2.32. The number of aliphatic hydroxyl groups is 1. The summed E-state index contributed by atoms with van der Waals surface area (Å²) < 4.78 is 6.69. The van der Waals surface area contributed by atoms with Crippen LogP contribution in [0.4, 0.5) is 0 Å². The maximum Gasteiger partial charge on any atom is 0.126 e. The average molecular weight is 342 g/mol. The lowest BCUT2D eigenvalue weighted by Gasteiger charge is -2.14. The van der Waals surface area contributed by atoms with Crippen molar-refractivity contribution in [2.45, 2.75) is 19.6 Å². The minimum absolute atomic E-state index is 0.413. The number of halogens is 2. The van der Waals surface area contributed by atoms with Crippen molar-refractivity contribution in [1.82, 2.24) is 0 Å². The minimum atomic E-state index is -0.567. The Labute approximate surface area is 126 Å². The molecule has 0 bridgehead atoms. The van der Waals surface area contributed by atoms with Crippen LogP contribution < -0.4 is 4.74 Å². The van der Waals surface area contributed by atoms with E-state index in [9.17, 15) is 5.11 Å². The van der Waals surface area contributed by atoms with Crippen LogP contribution in [0.3, 0.4) is 0 Å². The van der Waals surface area contributed by atoms with Gasteiger partial charge >= 0.3 is 0 Å². The molecule has 0 saturated carbocycles. The van der Waals surface area contributed by atoms with Crippen molar-refractivity contribution in [2.24, 2.45) is 0 Å². The van der Waals surface area contributed by atoms with E-state index in [0.29, 0.717) is 17.4 Å². The lowest BCUT2D eigenvalue weighted by Crippen LogP contribution is -2.01. The molecular weight excluding hydrogens is 328 g/mol. The molecule has 0 aliphatic carbocycles. The van der Waals surface area contributed by atoms with Crippen molar-refractivity contribution < 1.29 is 9.84 Å². The predicted octanol–water partition coefficient (Wildman–Crippen LogP) is 4.73. The van der Waals surface area contributed by atoms with Gasteiger partial charge in [-0.3, -0.25) is 0 Å². The number of rotatable bonds is 4. The molecular formula is C15H14BrClO2. The third kappa shape index (κ3) is 3.96. The van der Waals surface area contributed by atoms with Gasteiger partial charge in [-0.25, -0.2) is 0 Å². The van der Waals surface area contributed by atoms with Gasteiger partial charge in [0.2, 0.25) is 0 Å². The highest BCUT2D eigenvalue weighted by Gasteiger charge is 2.10. The summed E-state index contributed by atoms with van der Waals surface area (Å²) in [6.45, 7) is 2.13. The summed E-state index contributed by atoms with van der Waals surface area (Å²) in [5, 5.41) is 10.4. The SMILES string of the molecule is C[C@@H](O)c1ccc(Br)cc1OCc1cccc(Cl)c1. The van der Waals surface area contributed by atoms with E-state index in [2.05, 4.69) is 15.9 Å². The molecule has 2 aromatic carbocycles. The molecule has 19 heavy (non-hydrogen) atoms. The summed E-state index contributed by atoms with van der Waals surface area (Å²) in [4.78, 5) is 0. The molecule has 0 fully saturated rings. The highest BCUT2D eigenvalue weighted by molar-refractivity contribution is 9.10. The molecule has 2 nitrogen and oxygen atoms in total. The molecule has 0 heterocycles. The summed E-state index contributed by atoms with van der Waals surface area (Å²) in [6.07, 6.45) is -0.567. The summed E-state index contributed by atoms with van der Waals surface area (Å²) in [7, 11) is 0. The number of hydrogen-bond acceptors (Lipinski definition) is 2. The van der Waals surface area contributed by atoms with Gasteiger partial charge in [0.05, 0.1) is 6.10 Å². The van der Waals surface area contributed by atoms with Gasteiger partial charge in [-0.05, 0) is 36.8 Å². The summed E-state index contributed by atoms with van der Waals surface area (Å²) in [5.74, 6) is 0.671. The van der Waals surface area contributed by atoms with Crippen molar-refractivity contribution in [1.29, 1.82) is 0 Å². The summed E-state index contributed by atoms with van der Waals surface area (Å²) in [6, 6.07) is 13.1. The third-order valence-electron chi connectivity index (χ3n) is 2.71. The Morgan fingerprint density at radius 2 is 2.05 bits per heavy atom. The topological polar surface area (TPSA) is 29.5 Å². The first kappa shape index (κ1) is 14.4. The van der Waals surface area contributed by atoms with Crippen molar-refractivity contribution >= 4 is 27.5 Å². The van der Waals surface area contributed by atoms with E-state index < -0.39 is 6.10 Å². The van der Waals surface area contributed by atoms with Crippen LogP contribution in [-0.4, -0.2) is 5.11 Å². The van der Waals surface area contributed by atoms with Gasteiger partial charge in [0.1, 0.15) is 12.4 Å². The Morgan fingerprint density at radius 3 is 2.74 bits per heavy atom. The standard InChI is InChI=1S/C15H14BrClO2/c1-10(18)14-6-5-12(16)8-15(14)19-9-11-3-2-4-13(17)7-11/h2-8,10,18H,9H2,1H3/t10-/m1/s1. The zero-order chi connectivity index (χ0) is 13.8. The van der Waals surface area contributed by atoms with Gasteiger partial charge in [-0.15, -0.1) is 0 Å². The van der Waals surface area contributed by atoms with Crippen LogP contribution in [0.1, 0.15) is 24.2 Å². The van der Waals surface area contributed by atoms with Crippen LogP contribution in [-0.2, 0) is 6.61 Å². The second-order valence-electron chi connectivity index (χ2n) is 4.28. The Hall–Kier alpha value is -1.03. The van der Waals surface area contributed by atoms with E-state index in [1.807, 2.05) is 42.5 Å². The van der Waals surface area contributed by atoms with E-state index in [1.54, 1.807) is 6.92 Å². The molecule has 0 unspecified atom stereocenters. The zero-order valence-electron chi connectivity index (χ0n) is 10.4. The van der Waals surface area contributed by atoms with Crippen molar-refractivity contribution in [3.63, 3.8) is 0 Å². The Bertz CT molecular complexity index is 570. The zero-order valence-corrected chi connectivity index (χ0v) is 12.8. The number of aliphatic hydroxyl groups excluding tert-OH is 1. The molecule has 0 aliphatic heterocycles. The van der Waals surface area contributed by atoms with Gasteiger partial charge in [0.25, 0.3) is 0 Å². The molecule has 0 aromatic heterocycles. The number of benzene rings is 2. The maximum absolute atomic E-state index is 9.72. The largest absolute Gasteiger partial charge is 0.488 e. The predicted molar refractivity (Wildman–Crippen MR) is 80.6 cm³/mol. The average Bonchev–Trinajstić information content (AvgIpc) is 2.36. The van der Waals surface area contributed by atoms with E-state index in [4.69, 9.17) is 16.3 Å². The second kappa shape index (κ2) is 6.42. The normalized spacial score (nSPS) is 12.2. The van der Waals surface area contributed by atoms with Gasteiger partial charge < -0.3 is 9.84 Å². The summed E-state index contributed by atoms with van der Waals surface area (Å²) in [5.41, 5.74) is 1.76. The number of hydrogen-bond donors (Lipinski definition) is 1. The first-order valence-electron chi connectivity index (χ1n) is 5.91. The Kier molecular flexibility index (Phi) is 4.86. The molecule has 2 aromatic rings. The molecule has 0 saturated heterocycles. The van der Waals surface area contributed by atoms with E-state index in [1.165, 1.54) is 0 Å². The van der Waals surface area contributed by atoms with Crippen LogP contribution in [0.15, 0.2) is 46.9 Å². The van der Waals surface area contributed by atoms with E-state index >= 15 is 0 Å². The Balaban J connectivity index is 2.17. The highest BCUT2D eigenvalue weighted by Crippen LogP contribution is 2.29. The lowest BCUT2D eigenvalue weighted by atomic mass is 10.1. The molecule has 4 heteroatoms. The second-order valence-corrected chi connectivity index (χ2v) is 5.63. The molecule has 2 rings (SSSR count). The van der Waals surface area contributed by atoms with Crippen LogP contribution in [0.25, 0.3) is 0 Å². The van der Waals surface area contributed by atoms with Crippen molar-refractivity contribution in [3.8, 4) is 5.75 Å². The molecule has 0 spiro atoms. The van der Waals surface area contributed by atoms with Crippen molar-refractivity contribution in [3.05, 3.63) is 63.1 Å². The van der Waals surface area contributed by atoms with Gasteiger partial charge in [0, 0.05) is 15.1 Å². The first-order chi connectivity index (χ1) is 9.06. The molecule has 0 radical (unpaired) electrons. The maximum atomic E-state index is 9.72. The smallest absolute Gasteiger partial charge is 0.126 e. The van der Waals surface area contributed by atoms with Crippen LogP contribution >= 0.6 is 27.5 Å². The van der Waals surface area contributed by atoms with Crippen LogP contribution in [0.5, 0.6) is 5.75 Å². The molecule has 100 valence electrons. The molecule has 0 aliphatic rings. The van der Waals surface area contributed by atoms with Crippen LogP contribution in [0.2, 0.25) is 5.02 Å². The highest BCUT2D eigenvalue weighted by atomic mass is 79.9. The third-order valence-corrected chi connectivity index (χ3v) is 3.44. The van der Waals surface area contributed by atoms with Gasteiger partial charge in [-0.2, -0.15) is 0 Å². The summed E-state index contributed by atoms with van der Waals surface area (Å²) >= 11 is 9.33. The van der Waals surface area contributed by atoms with E-state index in [-0.39, 0.29) is 0 Å².